The van der Waals surface area contributed by atoms with Gasteiger partial charge in [0.1, 0.15) is 0 Å². The maximum absolute atomic E-state index is 13.3. The van der Waals surface area contributed by atoms with Crippen LogP contribution in [0.3, 0.4) is 0 Å². The number of benzene rings is 4. The van der Waals surface area contributed by atoms with Gasteiger partial charge in [0.2, 0.25) is 0 Å². The molecule has 6 heteroatoms. The van der Waals surface area contributed by atoms with E-state index in [0.717, 1.165) is 60.8 Å². The van der Waals surface area contributed by atoms with E-state index in [9.17, 15) is 4.79 Å². The van der Waals surface area contributed by atoms with Crippen LogP contribution < -0.4 is 10.2 Å². The van der Waals surface area contributed by atoms with E-state index in [1.165, 1.54) is 16.5 Å². The van der Waals surface area contributed by atoms with Crippen LogP contribution in [-0.2, 0) is 0 Å². The van der Waals surface area contributed by atoms with Crippen LogP contribution in [0.2, 0.25) is 0 Å². The van der Waals surface area contributed by atoms with Gasteiger partial charge in [-0.1, -0.05) is 67.9 Å². The average Bonchev–Trinajstić information content (AvgIpc) is 3.30. The molecular formula is C31H33ClN4O. The van der Waals surface area contributed by atoms with Crippen molar-refractivity contribution in [3.05, 3.63) is 90.5 Å². The van der Waals surface area contributed by atoms with Gasteiger partial charge in [-0.2, -0.15) is 0 Å². The fraction of sp³-hybridized carbons (Fsp3) is 0.258. The van der Waals surface area contributed by atoms with Gasteiger partial charge in [-0.05, 0) is 42.1 Å². The lowest BCUT2D eigenvalue weighted by molar-refractivity contribution is 0.0824. The molecule has 4 aromatic carbocycles. The Bertz CT molecular complexity index is 1530. The van der Waals surface area contributed by atoms with Gasteiger partial charge in [-0.25, -0.2) is 0 Å². The Morgan fingerprint density at radius 1 is 0.838 bits per heavy atom. The highest BCUT2D eigenvalue weighted by Crippen LogP contribution is 2.28. The Balaban J connectivity index is 0.00000280. The van der Waals surface area contributed by atoms with Crippen molar-refractivity contribution in [2.45, 2.75) is 25.9 Å². The number of nitrogens with one attached hydrogen (secondary N) is 2. The van der Waals surface area contributed by atoms with Gasteiger partial charge in [-0.15, -0.1) is 12.4 Å². The number of para-hydroxylation sites is 1. The SMILES string of the molecule is CCCC(NC(=O)c1ccc2[nH]c3ccccc3c2c1)N1CCN(c2cccc3ccccc23)CC1.Cl. The molecule has 5 aromatic rings. The minimum Gasteiger partial charge on any atom is -0.368 e. The van der Waals surface area contributed by atoms with E-state index in [-0.39, 0.29) is 24.5 Å². The van der Waals surface area contributed by atoms with E-state index in [0.29, 0.717) is 5.56 Å². The number of hydrogen-bond acceptors (Lipinski definition) is 3. The molecule has 1 amide bonds. The van der Waals surface area contributed by atoms with Gasteiger partial charge in [-0.3, -0.25) is 9.69 Å². The number of anilines is 1. The fourth-order valence-electron chi connectivity index (χ4n) is 5.60. The molecule has 190 valence electrons. The van der Waals surface area contributed by atoms with Crippen molar-refractivity contribution in [3.63, 3.8) is 0 Å². The van der Waals surface area contributed by atoms with E-state index in [2.05, 4.69) is 81.6 Å². The molecule has 0 saturated carbocycles. The monoisotopic (exact) mass is 512 g/mol. The van der Waals surface area contributed by atoms with Gasteiger partial charge in [0, 0.05) is 64.6 Å². The summed E-state index contributed by atoms with van der Waals surface area (Å²) in [6.45, 7) is 5.94. The summed E-state index contributed by atoms with van der Waals surface area (Å²) in [6, 6.07) is 29.3. The van der Waals surface area contributed by atoms with Gasteiger partial charge >= 0.3 is 0 Å². The normalized spacial score (nSPS) is 15.1. The minimum atomic E-state index is -0.00267. The largest absolute Gasteiger partial charge is 0.368 e. The highest BCUT2D eigenvalue weighted by molar-refractivity contribution is 6.10. The third kappa shape index (κ3) is 4.89. The number of aromatic amines is 1. The van der Waals surface area contributed by atoms with Crippen molar-refractivity contribution >= 4 is 56.6 Å². The number of carbonyl (C=O) groups is 1. The molecule has 0 bridgehead atoms. The quantitative estimate of drug-likeness (QED) is 0.270. The van der Waals surface area contributed by atoms with Crippen molar-refractivity contribution in [2.75, 3.05) is 31.1 Å². The third-order valence-corrected chi connectivity index (χ3v) is 7.49. The zero-order valence-corrected chi connectivity index (χ0v) is 21.9. The van der Waals surface area contributed by atoms with E-state index in [1.54, 1.807) is 0 Å². The summed E-state index contributed by atoms with van der Waals surface area (Å²) in [5.74, 6) is -0.00267. The Labute approximate surface area is 223 Å². The van der Waals surface area contributed by atoms with Gasteiger partial charge in [0.25, 0.3) is 5.91 Å². The minimum absolute atomic E-state index is 0. The number of nitrogens with zero attached hydrogens (tertiary/aromatic N) is 2. The molecule has 1 aliphatic rings. The van der Waals surface area contributed by atoms with Crippen LogP contribution in [0.15, 0.2) is 84.9 Å². The predicted octanol–water partition coefficient (Wildman–Crippen LogP) is 6.57. The van der Waals surface area contributed by atoms with Crippen LogP contribution in [0.5, 0.6) is 0 Å². The first kappa shape index (κ1) is 25.1. The second-order valence-corrected chi connectivity index (χ2v) is 9.73. The van der Waals surface area contributed by atoms with Crippen molar-refractivity contribution < 1.29 is 4.79 Å². The maximum Gasteiger partial charge on any atom is 0.252 e. The second-order valence-electron chi connectivity index (χ2n) is 9.73. The molecule has 1 aliphatic heterocycles. The van der Waals surface area contributed by atoms with Crippen molar-refractivity contribution in [2.24, 2.45) is 0 Å². The number of amides is 1. The van der Waals surface area contributed by atoms with Crippen molar-refractivity contribution in [1.29, 1.82) is 0 Å². The standard InChI is InChI=1S/C31H32N4O.ClH/c1-2-8-30(33-31(36)23-15-16-28-26(21-23)25-12-5-6-13-27(25)32-28)35-19-17-34(18-20-35)29-14-7-10-22-9-3-4-11-24(22)29;/h3-7,9-16,21,30,32H,2,8,17-20H2,1H3,(H,33,36);1H. The van der Waals surface area contributed by atoms with E-state index < -0.39 is 0 Å². The number of carbonyl (C=O) groups excluding carboxylic acids is 1. The summed E-state index contributed by atoms with van der Waals surface area (Å²) >= 11 is 0. The lowest BCUT2D eigenvalue weighted by atomic mass is 10.1. The summed E-state index contributed by atoms with van der Waals surface area (Å²) in [5.41, 5.74) is 4.17. The molecule has 1 aromatic heterocycles. The van der Waals surface area contributed by atoms with Crippen molar-refractivity contribution in [1.82, 2.24) is 15.2 Å². The number of aromatic nitrogens is 1. The first-order chi connectivity index (χ1) is 17.7. The Morgan fingerprint density at radius 2 is 1.54 bits per heavy atom. The van der Waals surface area contributed by atoms with Gasteiger partial charge in [0.05, 0.1) is 6.17 Å². The molecule has 1 saturated heterocycles. The van der Waals surface area contributed by atoms with E-state index >= 15 is 0 Å². The van der Waals surface area contributed by atoms with Crippen LogP contribution in [0.25, 0.3) is 32.6 Å². The van der Waals surface area contributed by atoms with Crippen LogP contribution in [-0.4, -0.2) is 48.1 Å². The molecule has 0 radical (unpaired) electrons. The summed E-state index contributed by atoms with van der Waals surface area (Å²) in [6.07, 6.45) is 2.00. The fourth-order valence-corrected chi connectivity index (χ4v) is 5.60. The lowest BCUT2D eigenvalue weighted by Crippen LogP contribution is -2.56. The highest BCUT2D eigenvalue weighted by Gasteiger charge is 2.26. The smallest absolute Gasteiger partial charge is 0.252 e. The summed E-state index contributed by atoms with van der Waals surface area (Å²) in [7, 11) is 0. The number of piperazine rings is 1. The molecule has 2 heterocycles. The first-order valence-electron chi connectivity index (χ1n) is 13.0. The predicted molar refractivity (Wildman–Crippen MR) is 157 cm³/mol. The molecule has 0 spiro atoms. The Hall–Kier alpha value is -3.54. The lowest BCUT2D eigenvalue weighted by Gasteiger charge is -2.40. The summed E-state index contributed by atoms with van der Waals surface area (Å²) in [4.78, 5) is 21.7. The number of rotatable bonds is 6. The molecule has 1 fully saturated rings. The van der Waals surface area contributed by atoms with Crippen LogP contribution in [0.4, 0.5) is 5.69 Å². The number of halogens is 1. The highest BCUT2D eigenvalue weighted by atomic mass is 35.5. The molecule has 2 N–H and O–H groups in total. The third-order valence-electron chi connectivity index (χ3n) is 7.49. The molecule has 37 heavy (non-hydrogen) atoms. The topological polar surface area (TPSA) is 51.4 Å². The molecule has 0 aliphatic carbocycles. The zero-order chi connectivity index (χ0) is 24.5. The molecule has 5 nitrogen and oxygen atoms in total. The number of H-pyrrole nitrogens is 1. The Morgan fingerprint density at radius 3 is 2.35 bits per heavy atom. The maximum atomic E-state index is 13.3. The zero-order valence-electron chi connectivity index (χ0n) is 21.1. The average molecular weight is 513 g/mol. The number of hydrogen-bond donors (Lipinski definition) is 2. The molecule has 1 unspecified atom stereocenters. The number of fused-ring (bicyclic) bond motifs is 4. The molecule has 1 atom stereocenters. The molecular weight excluding hydrogens is 480 g/mol. The first-order valence-corrected chi connectivity index (χ1v) is 13.0. The summed E-state index contributed by atoms with van der Waals surface area (Å²) < 4.78 is 0. The molecule has 6 rings (SSSR count). The van der Waals surface area contributed by atoms with Crippen LogP contribution >= 0.6 is 12.4 Å². The van der Waals surface area contributed by atoms with Crippen molar-refractivity contribution in [3.8, 4) is 0 Å². The second kappa shape index (κ2) is 10.8. The van der Waals surface area contributed by atoms with Crippen LogP contribution in [0.1, 0.15) is 30.1 Å². The Kier molecular flexibility index (Phi) is 7.36. The van der Waals surface area contributed by atoms with Crippen LogP contribution in [0, 0.1) is 0 Å². The van der Waals surface area contributed by atoms with Gasteiger partial charge < -0.3 is 15.2 Å². The van der Waals surface area contributed by atoms with E-state index in [1.807, 2.05) is 30.3 Å². The van der Waals surface area contributed by atoms with Gasteiger partial charge in [0.15, 0.2) is 0 Å². The van der Waals surface area contributed by atoms with E-state index in [4.69, 9.17) is 0 Å². The summed E-state index contributed by atoms with van der Waals surface area (Å²) in [5, 5.41) is 8.18.